The number of aliphatic carboxylic acids is 1. The highest BCUT2D eigenvalue weighted by molar-refractivity contribution is 7.10. The average molecular weight is 317 g/mol. The van der Waals surface area contributed by atoms with Gasteiger partial charge in [-0.15, -0.1) is 11.3 Å². The van der Waals surface area contributed by atoms with Crippen molar-refractivity contribution in [2.45, 2.75) is 33.7 Å². The van der Waals surface area contributed by atoms with Gasteiger partial charge in [0.2, 0.25) is 0 Å². The zero-order valence-electron chi connectivity index (χ0n) is 13.1. The number of amides is 1. The van der Waals surface area contributed by atoms with Gasteiger partial charge in [-0.1, -0.05) is 18.2 Å². The number of carbonyl (C=O) groups is 2. The van der Waals surface area contributed by atoms with Crippen LogP contribution in [0.25, 0.3) is 0 Å². The lowest BCUT2D eigenvalue weighted by atomic mass is 10.0. The molecule has 2 N–H and O–H groups in total. The fraction of sp³-hybridized carbons (Fsp3) is 0.294. The van der Waals surface area contributed by atoms with Crippen molar-refractivity contribution in [3.8, 4) is 0 Å². The molecule has 2 aromatic rings. The standard InChI is InChI=1S/C17H19NO3S/c1-9-5-6-13(7-10(9)2)15(17(20)21)18-16(19)14-8-22-12(4)11(14)3/h5-8,15H,1-4H3,(H,18,19)(H,20,21). The van der Waals surface area contributed by atoms with E-state index in [0.717, 1.165) is 21.6 Å². The van der Waals surface area contributed by atoms with Gasteiger partial charge in [0.25, 0.3) is 5.91 Å². The Bertz CT molecular complexity index is 734. The Morgan fingerprint density at radius 3 is 2.32 bits per heavy atom. The van der Waals surface area contributed by atoms with Gasteiger partial charge in [0.15, 0.2) is 6.04 Å². The fourth-order valence-corrected chi connectivity index (χ4v) is 3.04. The fourth-order valence-electron chi connectivity index (χ4n) is 2.18. The molecular weight excluding hydrogens is 298 g/mol. The summed E-state index contributed by atoms with van der Waals surface area (Å²) in [5, 5.41) is 13.8. The minimum atomic E-state index is -1.07. The molecule has 0 saturated heterocycles. The number of carboxylic acid groups (broad SMARTS) is 1. The molecule has 0 bridgehead atoms. The van der Waals surface area contributed by atoms with Crippen LogP contribution >= 0.6 is 11.3 Å². The Labute approximate surface area is 133 Å². The molecule has 1 heterocycles. The van der Waals surface area contributed by atoms with E-state index >= 15 is 0 Å². The van der Waals surface area contributed by atoms with Gasteiger partial charge in [-0.05, 0) is 49.9 Å². The Hall–Kier alpha value is -2.14. The molecule has 0 radical (unpaired) electrons. The number of rotatable bonds is 4. The molecule has 22 heavy (non-hydrogen) atoms. The number of aryl methyl sites for hydroxylation is 3. The van der Waals surface area contributed by atoms with Crippen LogP contribution in [0, 0.1) is 27.7 Å². The average Bonchev–Trinajstić information content (AvgIpc) is 2.79. The van der Waals surface area contributed by atoms with Crippen LogP contribution in [-0.2, 0) is 4.79 Å². The number of carbonyl (C=O) groups excluding carboxylic acids is 1. The summed E-state index contributed by atoms with van der Waals surface area (Å²) in [6.45, 7) is 7.69. The van der Waals surface area contributed by atoms with E-state index in [1.807, 2.05) is 33.8 Å². The van der Waals surface area contributed by atoms with Crippen LogP contribution in [0.2, 0.25) is 0 Å². The second-order valence-electron chi connectivity index (χ2n) is 5.42. The van der Waals surface area contributed by atoms with Crippen molar-refractivity contribution in [3.05, 3.63) is 56.3 Å². The lowest BCUT2D eigenvalue weighted by Gasteiger charge is -2.16. The Kier molecular flexibility index (Phi) is 4.66. The normalized spacial score (nSPS) is 12.0. The molecule has 1 aromatic heterocycles. The maximum absolute atomic E-state index is 12.4. The second kappa shape index (κ2) is 6.32. The predicted molar refractivity (Wildman–Crippen MR) is 87.6 cm³/mol. The van der Waals surface area contributed by atoms with Gasteiger partial charge >= 0.3 is 5.97 Å². The minimum absolute atomic E-state index is 0.354. The zero-order chi connectivity index (χ0) is 16.4. The highest BCUT2D eigenvalue weighted by atomic mass is 32.1. The maximum Gasteiger partial charge on any atom is 0.330 e. The number of nitrogens with one attached hydrogen (secondary N) is 1. The van der Waals surface area contributed by atoms with Crippen molar-refractivity contribution < 1.29 is 14.7 Å². The van der Waals surface area contributed by atoms with Gasteiger partial charge in [-0.2, -0.15) is 0 Å². The first-order chi connectivity index (χ1) is 10.3. The highest BCUT2D eigenvalue weighted by Gasteiger charge is 2.24. The van der Waals surface area contributed by atoms with Crippen molar-refractivity contribution in [1.82, 2.24) is 5.32 Å². The maximum atomic E-state index is 12.4. The molecule has 1 aromatic carbocycles. The zero-order valence-corrected chi connectivity index (χ0v) is 13.9. The first-order valence-corrected chi connectivity index (χ1v) is 7.84. The Morgan fingerprint density at radius 1 is 1.14 bits per heavy atom. The predicted octanol–water partition coefficient (Wildman–Crippen LogP) is 3.54. The molecular formula is C17H19NO3S. The monoisotopic (exact) mass is 317 g/mol. The van der Waals surface area contributed by atoms with E-state index in [1.165, 1.54) is 11.3 Å². The van der Waals surface area contributed by atoms with Crippen LogP contribution in [0.1, 0.15) is 43.5 Å². The van der Waals surface area contributed by atoms with Crippen LogP contribution in [0.15, 0.2) is 23.6 Å². The summed E-state index contributed by atoms with van der Waals surface area (Å²) >= 11 is 1.49. The summed E-state index contributed by atoms with van der Waals surface area (Å²) in [5.74, 6) is -1.42. The quantitative estimate of drug-likeness (QED) is 0.906. The van der Waals surface area contributed by atoms with Gasteiger partial charge in [-0.25, -0.2) is 4.79 Å². The molecule has 5 heteroatoms. The Balaban J connectivity index is 2.29. The Morgan fingerprint density at radius 2 is 1.82 bits per heavy atom. The van der Waals surface area contributed by atoms with Gasteiger partial charge in [0.05, 0.1) is 5.56 Å². The summed E-state index contributed by atoms with van der Waals surface area (Å²) in [7, 11) is 0. The summed E-state index contributed by atoms with van der Waals surface area (Å²) in [5.41, 5.74) is 4.10. The van der Waals surface area contributed by atoms with E-state index in [4.69, 9.17) is 0 Å². The minimum Gasteiger partial charge on any atom is -0.479 e. The van der Waals surface area contributed by atoms with Crippen LogP contribution < -0.4 is 5.32 Å². The largest absolute Gasteiger partial charge is 0.479 e. The second-order valence-corrected chi connectivity index (χ2v) is 6.50. The van der Waals surface area contributed by atoms with E-state index in [0.29, 0.717) is 11.1 Å². The molecule has 2 rings (SSSR count). The van der Waals surface area contributed by atoms with Crippen LogP contribution in [0.3, 0.4) is 0 Å². The van der Waals surface area contributed by atoms with Crippen molar-refractivity contribution >= 4 is 23.2 Å². The molecule has 4 nitrogen and oxygen atoms in total. The molecule has 0 aliphatic carbocycles. The van der Waals surface area contributed by atoms with Crippen molar-refractivity contribution in [2.24, 2.45) is 0 Å². The third kappa shape index (κ3) is 3.20. The number of carboxylic acids is 1. The van der Waals surface area contributed by atoms with Crippen LogP contribution in [0.4, 0.5) is 0 Å². The van der Waals surface area contributed by atoms with Crippen molar-refractivity contribution in [2.75, 3.05) is 0 Å². The lowest BCUT2D eigenvalue weighted by molar-refractivity contribution is -0.139. The summed E-state index contributed by atoms with van der Waals surface area (Å²) < 4.78 is 0. The first-order valence-electron chi connectivity index (χ1n) is 6.96. The number of hydrogen-bond donors (Lipinski definition) is 2. The van der Waals surface area contributed by atoms with Crippen LogP contribution in [-0.4, -0.2) is 17.0 Å². The number of thiophene rings is 1. The number of hydrogen-bond acceptors (Lipinski definition) is 3. The van der Waals surface area contributed by atoms with Gasteiger partial charge in [0, 0.05) is 10.3 Å². The van der Waals surface area contributed by atoms with E-state index < -0.39 is 12.0 Å². The highest BCUT2D eigenvalue weighted by Crippen LogP contribution is 2.22. The van der Waals surface area contributed by atoms with E-state index in [9.17, 15) is 14.7 Å². The van der Waals surface area contributed by atoms with E-state index in [1.54, 1.807) is 17.5 Å². The molecule has 1 amide bonds. The SMILES string of the molecule is Cc1ccc(C(NC(=O)c2csc(C)c2C)C(=O)O)cc1C. The smallest absolute Gasteiger partial charge is 0.330 e. The van der Waals surface area contributed by atoms with Gasteiger partial charge in [-0.3, -0.25) is 4.79 Å². The number of benzene rings is 1. The molecule has 116 valence electrons. The van der Waals surface area contributed by atoms with Gasteiger partial charge in [0.1, 0.15) is 0 Å². The van der Waals surface area contributed by atoms with Crippen molar-refractivity contribution in [1.29, 1.82) is 0 Å². The first kappa shape index (κ1) is 16.2. The summed E-state index contributed by atoms with van der Waals surface area (Å²) in [6, 6.07) is 4.37. The van der Waals surface area contributed by atoms with Gasteiger partial charge < -0.3 is 10.4 Å². The third-order valence-corrected chi connectivity index (χ3v) is 4.93. The molecule has 1 unspecified atom stereocenters. The van der Waals surface area contributed by atoms with Crippen molar-refractivity contribution in [3.63, 3.8) is 0 Å². The van der Waals surface area contributed by atoms with Crippen LogP contribution in [0.5, 0.6) is 0 Å². The molecule has 0 aliphatic heterocycles. The molecule has 0 fully saturated rings. The summed E-state index contributed by atoms with van der Waals surface area (Å²) in [4.78, 5) is 25.0. The molecule has 0 saturated carbocycles. The lowest BCUT2D eigenvalue weighted by Crippen LogP contribution is -2.34. The van der Waals surface area contributed by atoms with E-state index in [2.05, 4.69) is 5.32 Å². The molecule has 0 aliphatic rings. The topological polar surface area (TPSA) is 66.4 Å². The molecule has 1 atom stereocenters. The molecule has 0 spiro atoms. The van der Waals surface area contributed by atoms with E-state index in [-0.39, 0.29) is 5.91 Å². The summed E-state index contributed by atoms with van der Waals surface area (Å²) in [6.07, 6.45) is 0. The third-order valence-electron chi connectivity index (χ3n) is 3.92.